The predicted molar refractivity (Wildman–Crippen MR) is 205 cm³/mol. The van der Waals surface area contributed by atoms with Crippen molar-refractivity contribution in [3.63, 3.8) is 0 Å². The topological polar surface area (TPSA) is 110 Å². The van der Waals surface area contributed by atoms with Crippen molar-refractivity contribution in [3.05, 3.63) is 12.2 Å². The van der Waals surface area contributed by atoms with Gasteiger partial charge in [0.1, 0.15) is 12.2 Å². The van der Waals surface area contributed by atoms with E-state index in [0.29, 0.717) is 12.8 Å². The summed E-state index contributed by atoms with van der Waals surface area (Å²) in [7, 11) is 0. The third kappa shape index (κ3) is 31.1. The molecule has 5 N–H and O–H groups in total. The van der Waals surface area contributed by atoms with Crippen LogP contribution in [0.4, 0.5) is 0 Å². The van der Waals surface area contributed by atoms with E-state index in [2.05, 4.69) is 31.3 Å². The van der Waals surface area contributed by atoms with Crippen molar-refractivity contribution in [3.8, 4) is 0 Å². The number of aliphatic hydroxyl groups is 4. The molecule has 0 bridgehead atoms. The first kappa shape index (κ1) is 47.0. The lowest BCUT2D eigenvalue weighted by Gasteiger charge is -2.27. The molecule has 0 spiro atoms. The molecule has 0 aromatic heterocycles. The highest BCUT2D eigenvalue weighted by Gasteiger charge is 2.28. The van der Waals surface area contributed by atoms with E-state index in [0.717, 1.165) is 38.5 Å². The number of carbonyl (C=O) groups excluding carboxylic acids is 1. The van der Waals surface area contributed by atoms with E-state index in [4.69, 9.17) is 0 Å². The molecule has 4 atom stereocenters. The fourth-order valence-corrected chi connectivity index (χ4v) is 6.58. The SMILES string of the molecule is CCCCCCCCCCCCC/C=C/CCCC(O)C(O)C(CO)NC(=O)C(O)CCCCCCCCCCCCCCCCCC. The van der Waals surface area contributed by atoms with Crippen molar-refractivity contribution in [1.29, 1.82) is 0 Å². The summed E-state index contributed by atoms with van der Waals surface area (Å²) in [5, 5.41) is 43.6. The van der Waals surface area contributed by atoms with Crippen molar-refractivity contribution >= 4 is 5.91 Å². The maximum Gasteiger partial charge on any atom is 0.249 e. The van der Waals surface area contributed by atoms with Crippen LogP contribution in [0.25, 0.3) is 0 Å². The summed E-state index contributed by atoms with van der Waals surface area (Å²) in [5.74, 6) is -0.591. The van der Waals surface area contributed by atoms with Crippen molar-refractivity contribution in [2.45, 2.75) is 244 Å². The van der Waals surface area contributed by atoms with Crippen LogP contribution < -0.4 is 5.32 Å². The summed E-state index contributed by atoms with van der Waals surface area (Å²) < 4.78 is 0. The quantitative estimate of drug-likeness (QED) is 0.0329. The molecule has 0 rings (SSSR count). The lowest BCUT2D eigenvalue weighted by molar-refractivity contribution is -0.132. The van der Waals surface area contributed by atoms with Crippen LogP contribution in [0.1, 0.15) is 219 Å². The van der Waals surface area contributed by atoms with Gasteiger partial charge in [-0.25, -0.2) is 0 Å². The highest BCUT2D eigenvalue weighted by atomic mass is 16.3. The minimum Gasteiger partial charge on any atom is -0.394 e. The van der Waals surface area contributed by atoms with Crippen LogP contribution in [0, 0.1) is 0 Å². The van der Waals surface area contributed by atoms with Gasteiger partial charge in [0.05, 0.1) is 18.8 Å². The molecule has 48 heavy (non-hydrogen) atoms. The first-order valence-electron chi connectivity index (χ1n) is 21.1. The zero-order valence-corrected chi connectivity index (χ0v) is 32.0. The number of unbranched alkanes of at least 4 members (excludes halogenated alkanes) is 27. The first-order valence-corrected chi connectivity index (χ1v) is 21.1. The Bertz CT molecular complexity index is 687. The Morgan fingerprint density at radius 3 is 1.25 bits per heavy atom. The fraction of sp³-hybridized carbons (Fsp3) is 0.929. The molecule has 0 aromatic carbocycles. The van der Waals surface area contributed by atoms with Crippen molar-refractivity contribution in [2.75, 3.05) is 6.61 Å². The third-order valence-corrected chi connectivity index (χ3v) is 9.98. The molecular weight excluding hydrogens is 598 g/mol. The van der Waals surface area contributed by atoms with E-state index in [-0.39, 0.29) is 0 Å². The number of nitrogens with one attached hydrogen (secondary N) is 1. The van der Waals surface area contributed by atoms with Crippen LogP contribution in [0.15, 0.2) is 12.2 Å². The molecular formula is C42H83NO5. The van der Waals surface area contributed by atoms with Gasteiger partial charge in [0.15, 0.2) is 0 Å². The normalized spacial score (nSPS) is 14.4. The Morgan fingerprint density at radius 2 is 0.854 bits per heavy atom. The second-order valence-corrected chi connectivity index (χ2v) is 14.7. The molecule has 6 nitrogen and oxygen atoms in total. The molecule has 0 aliphatic carbocycles. The smallest absolute Gasteiger partial charge is 0.249 e. The fourth-order valence-electron chi connectivity index (χ4n) is 6.58. The van der Waals surface area contributed by atoms with Gasteiger partial charge < -0.3 is 25.7 Å². The Kier molecular flexibility index (Phi) is 36.6. The summed E-state index contributed by atoms with van der Waals surface area (Å²) in [6.45, 7) is 4.04. The predicted octanol–water partition coefficient (Wildman–Crippen LogP) is 10.6. The standard InChI is InChI=1S/C42H83NO5/c1-3-5-7-9-11-13-15-17-19-21-23-25-27-29-31-33-35-39(45)41(47)38(37-44)43-42(48)40(46)36-34-32-30-28-26-24-22-20-18-16-14-12-10-8-6-4-2/h27,29,38-41,44-47H,3-26,28,30-37H2,1-2H3,(H,43,48)/b29-27+. The number of aliphatic hydroxyl groups excluding tert-OH is 4. The van der Waals surface area contributed by atoms with Gasteiger partial charge in [-0.3, -0.25) is 4.79 Å². The number of carbonyl (C=O) groups is 1. The van der Waals surface area contributed by atoms with Gasteiger partial charge in [-0.15, -0.1) is 0 Å². The summed E-state index contributed by atoms with van der Waals surface area (Å²) >= 11 is 0. The Balaban J connectivity index is 3.78. The van der Waals surface area contributed by atoms with E-state index in [9.17, 15) is 25.2 Å². The molecule has 0 saturated heterocycles. The highest BCUT2D eigenvalue weighted by molar-refractivity contribution is 5.80. The van der Waals surface area contributed by atoms with Gasteiger partial charge in [-0.2, -0.15) is 0 Å². The molecule has 0 heterocycles. The highest BCUT2D eigenvalue weighted by Crippen LogP contribution is 2.16. The van der Waals surface area contributed by atoms with E-state index in [1.54, 1.807) is 0 Å². The van der Waals surface area contributed by atoms with Crippen LogP contribution in [0.5, 0.6) is 0 Å². The maximum atomic E-state index is 12.5. The van der Waals surface area contributed by atoms with Crippen LogP contribution in [0.3, 0.4) is 0 Å². The third-order valence-electron chi connectivity index (χ3n) is 9.98. The number of amides is 1. The van der Waals surface area contributed by atoms with Gasteiger partial charge in [-0.1, -0.05) is 193 Å². The molecule has 4 unspecified atom stereocenters. The molecule has 0 saturated carbocycles. The zero-order valence-electron chi connectivity index (χ0n) is 32.0. The molecule has 0 radical (unpaired) electrons. The van der Waals surface area contributed by atoms with Crippen molar-refractivity contribution in [1.82, 2.24) is 5.32 Å². The summed E-state index contributed by atoms with van der Waals surface area (Å²) in [4.78, 5) is 12.5. The summed E-state index contributed by atoms with van der Waals surface area (Å²) in [6, 6.07) is -0.996. The van der Waals surface area contributed by atoms with E-state index >= 15 is 0 Å². The van der Waals surface area contributed by atoms with Gasteiger partial charge in [-0.05, 0) is 38.5 Å². The van der Waals surface area contributed by atoms with Crippen LogP contribution in [-0.4, -0.2) is 57.3 Å². The van der Waals surface area contributed by atoms with Crippen LogP contribution in [0.2, 0.25) is 0 Å². The zero-order chi connectivity index (χ0) is 35.3. The Morgan fingerprint density at radius 1 is 0.500 bits per heavy atom. The average Bonchev–Trinajstić information content (AvgIpc) is 3.09. The molecule has 0 aliphatic heterocycles. The van der Waals surface area contributed by atoms with Crippen molar-refractivity contribution in [2.24, 2.45) is 0 Å². The second kappa shape index (κ2) is 37.3. The lowest BCUT2D eigenvalue weighted by Crippen LogP contribution is -2.53. The molecule has 0 aliphatic rings. The van der Waals surface area contributed by atoms with Crippen LogP contribution in [-0.2, 0) is 4.79 Å². The van der Waals surface area contributed by atoms with Gasteiger partial charge >= 0.3 is 0 Å². The minimum atomic E-state index is -1.28. The Hall–Kier alpha value is -0.950. The number of hydrogen-bond donors (Lipinski definition) is 5. The number of allylic oxidation sites excluding steroid dienone is 2. The van der Waals surface area contributed by atoms with E-state index < -0.39 is 36.9 Å². The first-order chi connectivity index (χ1) is 23.5. The second-order valence-electron chi connectivity index (χ2n) is 14.7. The molecule has 0 fully saturated rings. The summed E-state index contributed by atoms with van der Waals surface area (Å²) in [5.41, 5.74) is 0. The van der Waals surface area contributed by atoms with Gasteiger partial charge in [0.2, 0.25) is 5.91 Å². The Labute approximate surface area is 298 Å². The average molecular weight is 682 g/mol. The van der Waals surface area contributed by atoms with Gasteiger partial charge in [0.25, 0.3) is 0 Å². The van der Waals surface area contributed by atoms with Crippen LogP contribution >= 0.6 is 0 Å². The van der Waals surface area contributed by atoms with Gasteiger partial charge in [0, 0.05) is 0 Å². The van der Waals surface area contributed by atoms with Crippen molar-refractivity contribution < 1.29 is 25.2 Å². The van der Waals surface area contributed by atoms with E-state index in [1.165, 1.54) is 154 Å². The molecule has 0 aromatic rings. The monoisotopic (exact) mass is 682 g/mol. The lowest BCUT2D eigenvalue weighted by atomic mass is 10.00. The largest absolute Gasteiger partial charge is 0.394 e. The maximum absolute atomic E-state index is 12.5. The van der Waals surface area contributed by atoms with E-state index in [1.807, 2.05) is 0 Å². The molecule has 6 heteroatoms. The number of rotatable bonds is 38. The minimum absolute atomic E-state index is 0.368. The molecule has 286 valence electrons. The number of hydrogen-bond acceptors (Lipinski definition) is 5. The molecule has 1 amide bonds. The summed E-state index contributed by atoms with van der Waals surface area (Å²) in [6.07, 6.45) is 39.5.